The third-order valence-electron chi connectivity index (χ3n) is 4.33. The first kappa shape index (κ1) is 22.1. The van der Waals surface area contributed by atoms with E-state index in [1.165, 1.54) is 0 Å². The number of nitrogens with zero attached hydrogens (tertiary/aromatic N) is 2. The monoisotopic (exact) mass is 425 g/mol. The normalized spacial score (nSPS) is 10.9. The Labute approximate surface area is 181 Å². The molecule has 0 fully saturated rings. The van der Waals surface area contributed by atoms with Crippen LogP contribution in [-0.4, -0.2) is 27.8 Å². The van der Waals surface area contributed by atoms with Crippen molar-refractivity contribution in [3.63, 3.8) is 0 Å². The molecule has 0 unspecified atom stereocenters. The molecule has 31 heavy (non-hydrogen) atoms. The van der Waals surface area contributed by atoms with E-state index in [4.69, 9.17) is 13.9 Å². The van der Waals surface area contributed by atoms with E-state index >= 15 is 0 Å². The lowest BCUT2D eigenvalue weighted by Gasteiger charge is -2.08. The largest absolute Gasteiger partial charge is 0.486 e. The van der Waals surface area contributed by atoms with Crippen molar-refractivity contribution < 1.29 is 23.5 Å². The van der Waals surface area contributed by atoms with Crippen LogP contribution in [0.1, 0.15) is 58.7 Å². The van der Waals surface area contributed by atoms with Gasteiger partial charge in [0.25, 0.3) is 5.91 Å². The molecule has 8 heteroatoms. The Hall–Kier alpha value is -3.55. The van der Waals surface area contributed by atoms with Gasteiger partial charge < -0.3 is 19.2 Å². The molecule has 0 aliphatic carbocycles. The molecule has 0 saturated heterocycles. The second-order valence-electron chi connectivity index (χ2n) is 7.53. The minimum absolute atomic E-state index is 0.0498. The van der Waals surface area contributed by atoms with E-state index in [9.17, 15) is 9.59 Å². The van der Waals surface area contributed by atoms with Crippen molar-refractivity contribution in [3.8, 4) is 5.75 Å². The summed E-state index contributed by atoms with van der Waals surface area (Å²) in [6.07, 6.45) is 1.29. The third-order valence-corrected chi connectivity index (χ3v) is 4.33. The second kappa shape index (κ2) is 9.51. The summed E-state index contributed by atoms with van der Waals surface area (Å²) in [6, 6.07) is 9.18. The van der Waals surface area contributed by atoms with Gasteiger partial charge in [0.15, 0.2) is 11.5 Å². The SMILES string of the molecule is CCn1cc(NC(=O)c2ccc(COc3cc(C)cc(C)c3)o2)c(C(=O)OC(C)C)n1. The molecule has 0 radical (unpaired) electrons. The van der Waals surface area contributed by atoms with Crippen LogP contribution in [0.15, 0.2) is 40.9 Å². The van der Waals surface area contributed by atoms with Gasteiger partial charge in [-0.1, -0.05) is 6.07 Å². The second-order valence-corrected chi connectivity index (χ2v) is 7.53. The van der Waals surface area contributed by atoms with Crippen LogP contribution in [0.25, 0.3) is 0 Å². The van der Waals surface area contributed by atoms with Gasteiger partial charge >= 0.3 is 5.97 Å². The van der Waals surface area contributed by atoms with Crippen LogP contribution >= 0.6 is 0 Å². The van der Waals surface area contributed by atoms with Gasteiger partial charge in [0.05, 0.1) is 11.8 Å². The molecule has 3 rings (SSSR count). The van der Waals surface area contributed by atoms with Crippen molar-refractivity contribution in [1.82, 2.24) is 9.78 Å². The van der Waals surface area contributed by atoms with Crippen molar-refractivity contribution in [1.29, 1.82) is 0 Å². The highest BCUT2D eigenvalue weighted by molar-refractivity contribution is 6.06. The molecular weight excluding hydrogens is 398 g/mol. The predicted octanol–water partition coefficient (Wildman–Crippen LogP) is 4.51. The highest BCUT2D eigenvalue weighted by Crippen LogP contribution is 2.20. The van der Waals surface area contributed by atoms with Gasteiger partial charge in [-0.3, -0.25) is 9.48 Å². The van der Waals surface area contributed by atoms with Crippen molar-refractivity contribution in [3.05, 3.63) is 64.9 Å². The summed E-state index contributed by atoms with van der Waals surface area (Å²) in [7, 11) is 0. The van der Waals surface area contributed by atoms with Crippen molar-refractivity contribution in [2.75, 3.05) is 5.32 Å². The third kappa shape index (κ3) is 5.75. The highest BCUT2D eigenvalue weighted by Gasteiger charge is 2.22. The number of furan rings is 1. The molecule has 0 atom stereocenters. The number of hydrogen-bond acceptors (Lipinski definition) is 6. The Balaban J connectivity index is 1.68. The van der Waals surface area contributed by atoms with E-state index in [1.807, 2.05) is 32.9 Å². The molecule has 1 N–H and O–H groups in total. The molecule has 2 heterocycles. The Morgan fingerprint density at radius 3 is 2.52 bits per heavy atom. The lowest BCUT2D eigenvalue weighted by atomic mass is 10.1. The van der Waals surface area contributed by atoms with Gasteiger partial charge in [-0.05, 0) is 70.0 Å². The summed E-state index contributed by atoms with van der Waals surface area (Å²) in [5.74, 6) is 0.256. The first-order chi connectivity index (χ1) is 14.7. The molecule has 3 aromatic rings. The van der Waals surface area contributed by atoms with E-state index in [-0.39, 0.29) is 29.9 Å². The fourth-order valence-corrected chi connectivity index (χ4v) is 3.03. The van der Waals surface area contributed by atoms with Gasteiger partial charge in [-0.15, -0.1) is 0 Å². The van der Waals surface area contributed by atoms with E-state index < -0.39 is 11.9 Å². The maximum atomic E-state index is 12.7. The zero-order valence-corrected chi connectivity index (χ0v) is 18.4. The van der Waals surface area contributed by atoms with Gasteiger partial charge in [0.1, 0.15) is 18.1 Å². The van der Waals surface area contributed by atoms with E-state index in [1.54, 1.807) is 36.9 Å². The number of hydrogen-bond donors (Lipinski definition) is 1. The zero-order valence-electron chi connectivity index (χ0n) is 18.4. The van der Waals surface area contributed by atoms with Crippen LogP contribution in [0.5, 0.6) is 5.75 Å². The minimum Gasteiger partial charge on any atom is -0.486 e. The first-order valence-corrected chi connectivity index (χ1v) is 10.1. The molecule has 0 bridgehead atoms. The summed E-state index contributed by atoms with van der Waals surface area (Å²) in [5.41, 5.74) is 2.53. The van der Waals surface area contributed by atoms with Gasteiger partial charge in [0, 0.05) is 12.7 Å². The maximum absolute atomic E-state index is 12.7. The Kier molecular flexibility index (Phi) is 6.79. The lowest BCUT2D eigenvalue weighted by molar-refractivity contribution is 0.0371. The summed E-state index contributed by atoms with van der Waals surface area (Å²) >= 11 is 0. The van der Waals surface area contributed by atoms with Crippen molar-refractivity contribution >= 4 is 17.6 Å². The van der Waals surface area contributed by atoms with Crippen LogP contribution in [0.4, 0.5) is 5.69 Å². The average molecular weight is 425 g/mol. The predicted molar refractivity (Wildman–Crippen MR) is 115 cm³/mol. The average Bonchev–Trinajstić information content (AvgIpc) is 3.32. The number of carbonyl (C=O) groups is 2. The highest BCUT2D eigenvalue weighted by atomic mass is 16.5. The van der Waals surface area contributed by atoms with E-state index in [2.05, 4.69) is 16.5 Å². The van der Waals surface area contributed by atoms with Crippen LogP contribution in [0, 0.1) is 13.8 Å². The molecule has 1 amide bonds. The van der Waals surface area contributed by atoms with E-state index in [0.29, 0.717) is 12.3 Å². The van der Waals surface area contributed by atoms with Crippen molar-refractivity contribution in [2.24, 2.45) is 0 Å². The summed E-state index contributed by atoms with van der Waals surface area (Å²) < 4.78 is 18.2. The lowest BCUT2D eigenvalue weighted by Crippen LogP contribution is -2.17. The molecule has 0 aliphatic rings. The van der Waals surface area contributed by atoms with Gasteiger partial charge in [-0.2, -0.15) is 5.10 Å². The molecule has 2 aromatic heterocycles. The number of anilines is 1. The van der Waals surface area contributed by atoms with Crippen LogP contribution in [-0.2, 0) is 17.9 Å². The first-order valence-electron chi connectivity index (χ1n) is 10.1. The van der Waals surface area contributed by atoms with E-state index in [0.717, 1.165) is 16.9 Å². The number of benzene rings is 1. The van der Waals surface area contributed by atoms with Gasteiger partial charge in [0.2, 0.25) is 0 Å². The summed E-state index contributed by atoms with van der Waals surface area (Å²) in [5, 5.41) is 6.87. The molecule has 8 nitrogen and oxygen atoms in total. The fourth-order valence-electron chi connectivity index (χ4n) is 3.03. The molecule has 0 aliphatic heterocycles. The fraction of sp³-hybridized carbons (Fsp3) is 0.348. The number of aryl methyl sites for hydroxylation is 3. The number of esters is 1. The smallest absolute Gasteiger partial charge is 0.361 e. The maximum Gasteiger partial charge on any atom is 0.361 e. The minimum atomic E-state index is -0.598. The molecule has 0 spiro atoms. The molecule has 164 valence electrons. The molecular formula is C23H27N3O5. The standard InChI is InChI=1S/C23H27N3O5/c1-6-26-12-19(21(25-26)23(28)30-14(2)3)24-22(27)20-8-7-17(31-20)13-29-18-10-15(4)9-16(5)11-18/h7-12,14H,6,13H2,1-5H3,(H,24,27). The number of nitrogens with one attached hydrogen (secondary N) is 1. The number of aromatic nitrogens is 2. The molecule has 0 saturated carbocycles. The Morgan fingerprint density at radius 2 is 1.87 bits per heavy atom. The van der Waals surface area contributed by atoms with Crippen LogP contribution in [0.3, 0.4) is 0 Å². The number of rotatable bonds is 8. The number of ether oxygens (including phenoxy) is 2. The number of amides is 1. The topological polar surface area (TPSA) is 95.6 Å². The van der Waals surface area contributed by atoms with Gasteiger partial charge in [-0.25, -0.2) is 4.79 Å². The van der Waals surface area contributed by atoms with Crippen molar-refractivity contribution in [2.45, 2.75) is 53.9 Å². The Bertz CT molecular complexity index is 1060. The number of carbonyl (C=O) groups excluding carboxylic acids is 2. The van der Waals surface area contributed by atoms with Crippen LogP contribution < -0.4 is 10.1 Å². The molecule has 1 aromatic carbocycles. The quantitative estimate of drug-likeness (QED) is 0.534. The summed E-state index contributed by atoms with van der Waals surface area (Å²) in [6.45, 7) is 10.1. The van der Waals surface area contributed by atoms with Crippen LogP contribution in [0.2, 0.25) is 0 Å². The Morgan fingerprint density at radius 1 is 1.16 bits per heavy atom. The zero-order chi connectivity index (χ0) is 22.5. The summed E-state index contributed by atoms with van der Waals surface area (Å²) in [4.78, 5) is 25.0.